The summed E-state index contributed by atoms with van der Waals surface area (Å²) in [5.74, 6) is 0.443. The van der Waals surface area contributed by atoms with Crippen molar-refractivity contribution in [2.45, 2.75) is 26.3 Å². The van der Waals surface area contributed by atoms with Crippen LogP contribution in [-0.2, 0) is 16.0 Å². The summed E-state index contributed by atoms with van der Waals surface area (Å²) in [5, 5.41) is 11.5. The van der Waals surface area contributed by atoms with Crippen LogP contribution in [0.1, 0.15) is 33.9 Å². The lowest BCUT2D eigenvalue weighted by Crippen LogP contribution is -2.31. The summed E-state index contributed by atoms with van der Waals surface area (Å²) >= 11 is 0. The van der Waals surface area contributed by atoms with E-state index in [9.17, 15) is 14.7 Å². The van der Waals surface area contributed by atoms with E-state index < -0.39 is 17.7 Å². The van der Waals surface area contributed by atoms with Crippen molar-refractivity contribution in [3.05, 3.63) is 94.1 Å². The molecule has 0 aromatic heterocycles. The topological polar surface area (TPSA) is 85.3 Å². The molecule has 1 aliphatic heterocycles. The van der Waals surface area contributed by atoms with Gasteiger partial charge in [0.15, 0.2) is 0 Å². The number of aryl methyl sites for hydroxylation is 2. The van der Waals surface area contributed by atoms with Gasteiger partial charge in [0.2, 0.25) is 0 Å². The number of hydrogen-bond acceptors (Lipinski definition) is 6. The molecule has 1 unspecified atom stereocenters. The molecule has 1 heterocycles. The molecule has 0 bridgehead atoms. The maximum atomic E-state index is 13.4. The smallest absolute Gasteiger partial charge is 0.295 e. The van der Waals surface area contributed by atoms with Crippen LogP contribution in [0.2, 0.25) is 0 Å². The van der Waals surface area contributed by atoms with Crippen LogP contribution in [0.3, 0.4) is 0 Å². The number of likely N-dealkylation sites (tertiary alicyclic amines) is 1. The van der Waals surface area contributed by atoms with Gasteiger partial charge in [-0.15, -0.1) is 0 Å². The molecular weight excluding hydrogens is 470 g/mol. The lowest BCUT2D eigenvalue weighted by molar-refractivity contribution is -0.139. The van der Waals surface area contributed by atoms with Gasteiger partial charge >= 0.3 is 0 Å². The first-order valence-corrected chi connectivity index (χ1v) is 12.0. The molecule has 0 aliphatic carbocycles. The third-order valence-corrected chi connectivity index (χ3v) is 6.75. The fourth-order valence-electron chi connectivity index (χ4n) is 4.72. The van der Waals surface area contributed by atoms with Gasteiger partial charge in [0.1, 0.15) is 23.0 Å². The van der Waals surface area contributed by atoms with E-state index in [4.69, 9.17) is 14.2 Å². The highest BCUT2D eigenvalue weighted by atomic mass is 16.5. The van der Waals surface area contributed by atoms with Crippen molar-refractivity contribution in [3.8, 4) is 17.2 Å². The first-order chi connectivity index (χ1) is 17.8. The van der Waals surface area contributed by atoms with Crippen LogP contribution in [0.4, 0.5) is 0 Å². The Hall–Kier alpha value is -4.26. The number of aliphatic hydroxyl groups excluding tert-OH is 1. The predicted octanol–water partition coefficient (Wildman–Crippen LogP) is 4.99. The molecule has 1 fully saturated rings. The largest absolute Gasteiger partial charge is 0.507 e. The first-order valence-electron chi connectivity index (χ1n) is 12.0. The molecule has 1 N–H and O–H groups in total. The molecule has 37 heavy (non-hydrogen) atoms. The molecule has 1 aliphatic rings. The van der Waals surface area contributed by atoms with Crippen molar-refractivity contribution in [1.29, 1.82) is 0 Å². The van der Waals surface area contributed by atoms with Crippen LogP contribution in [0.15, 0.2) is 66.2 Å². The average molecular weight is 502 g/mol. The summed E-state index contributed by atoms with van der Waals surface area (Å²) < 4.78 is 16.0. The maximum Gasteiger partial charge on any atom is 0.295 e. The summed E-state index contributed by atoms with van der Waals surface area (Å²) in [6.45, 7) is 3.98. The molecule has 1 saturated heterocycles. The van der Waals surface area contributed by atoms with E-state index in [1.807, 2.05) is 50.2 Å². The zero-order chi connectivity index (χ0) is 26.7. The molecule has 7 heteroatoms. The first kappa shape index (κ1) is 25.8. The lowest BCUT2D eigenvalue weighted by Gasteiger charge is -2.26. The second-order valence-corrected chi connectivity index (χ2v) is 9.00. The Kier molecular flexibility index (Phi) is 7.53. The summed E-state index contributed by atoms with van der Waals surface area (Å²) in [6, 6.07) is 17.6. The highest BCUT2D eigenvalue weighted by Crippen LogP contribution is 2.41. The van der Waals surface area contributed by atoms with Gasteiger partial charge in [0.05, 0.1) is 32.9 Å². The fraction of sp³-hybridized carbons (Fsp3) is 0.267. The third kappa shape index (κ3) is 5.03. The molecule has 1 atom stereocenters. The van der Waals surface area contributed by atoms with Gasteiger partial charge in [-0.1, -0.05) is 24.3 Å². The molecule has 3 aromatic carbocycles. The van der Waals surface area contributed by atoms with Gasteiger partial charge in [-0.3, -0.25) is 9.59 Å². The molecule has 1 amide bonds. The number of nitrogens with zero attached hydrogens (tertiary/aromatic N) is 1. The molecule has 3 aromatic rings. The van der Waals surface area contributed by atoms with E-state index in [0.717, 1.165) is 22.4 Å². The maximum absolute atomic E-state index is 13.4. The Balaban J connectivity index is 1.81. The Bertz CT molecular complexity index is 1360. The number of rotatable bonds is 8. The lowest BCUT2D eigenvalue weighted by atomic mass is 9.93. The van der Waals surface area contributed by atoms with E-state index in [0.29, 0.717) is 29.0 Å². The molecule has 192 valence electrons. The van der Waals surface area contributed by atoms with Crippen molar-refractivity contribution in [2.75, 3.05) is 27.9 Å². The predicted molar refractivity (Wildman–Crippen MR) is 141 cm³/mol. The number of ether oxygens (including phenoxy) is 3. The highest BCUT2D eigenvalue weighted by Gasteiger charge is 2.46. The minimum atomic E-state index is -0.768. The number of hydrogen-bond donors (Lipinski definition) is 1. The van der Waals surface area contributed by atoms with E-state index in [1.54, 1.807) is 45.6 Å². The van der Waals surface area contributed by atoms with Gasteiger partial charge in [-0.05, 0) is 78.9 Å². The van der Waals surface area contributed by atoms with Crippen molar-refractivity contribution in [2.24, 2.45) is 0 Å². The molecule has 0 radical (unpaired) electrons. The number of aliphatic hydroxyl groups is 1. The van der Waals surface area contributed by atoms with Crippen molar-refractivity contribution >= 4 is 17.4 Å². The minimum Gasteiger partial charge on any atom is -0.507 e. The summed E-state index contributed by atoms with van der Waals surface area (Å²) in [6.07, 6.45) is 0.526. The number of carbonyl (C=O) groups is 2. The quantitative estimate of drug-likeness (QED) is 0.266. The zero-order valence-electron chi connectivity index (χ0n) is 21.7. The Labute approximate surface area is 216 Å². The van der Waals surface area contributed by atoms with Crippen molar-refractivity contribution in [3.63, 3.8) is 0 Å². The second-order valence-electron chi connectivity index (χ2n) is 9.00. The number of carbonyl (C=O) groups excluding carboxylic acids is 2. The van der Waals surface area contributed by atoms with Gasteiger partial charge in [-0.25, -0.2) is 0 Å². The summed E-state index contributed by atoms with van der Waals surface area (Å²) in [5.41, 5.74) is 3.75. The summed E-state index contributed by atoms with van der Waals surface area (Å²) in [4.78, 5) is 28.3. The van der Waals surface area contributed by atoms with Gasteiger partial charge < -0.3 is 24.2 Å². The average Bonchev–Trinajstić information content (AvgIpc) is 3.17. The molecule has 0 spiro atoms. The minimum absolute atomic E-state index is 0.0562. The molecule has 7 nitrogen and oxygen atoms in total. The van der Waals surface area contributed by atoms with Gasteiger partial charge in [0.25, 0.3) is 11.7 Å². The SMILES string of the molecule is COc1ccc(CCN2C(=O)C(=O)/C(=C(/O)c3cc(C)c(OC)cc3C)C2c2cccc(OC)c2)cc1. The molecular formula is C30H31NO6. The van der Waals surface area contributed by atoms with Gasteiger partial charge in [0, 0.05) is 12.1 Å². The van der Waals surface area contributed by atoms with Crippen LogP contribution in [0, 0.1) is 13.8 Å². The highest BCUT2D eigenvalue weighted by molar-refractivity contribution is 6.46. The number of benzene rings is 3. The van der Waals surface area contributed by atoms with E-state index in [1.165, 1.54) is 4.90 Å². The Morgan fingerprint density at radius 3 is 2.22 bits per heavy atom. The summed E-state index contributed by atoms with van der Waals surface area (Å²) in [7, 11) is 4.75. The standard InChI is InChI=1S/C30H31NO6/c1-18-16-25(37-5)19(2)15-24(18)28(32)26-27(21-7-6-8-23(17-21)36-4)31(30(34)29(26)33)14-13-20-9-11-22(35-3)12-10-20/h6-12,15-17,27,32H,13-14H2,1-5H3/b28-26+. The van der Waals surface area contributed by atoms with Crippen LogP contribution in [-0.4, -0.2) is 49.6 Å². The van der Waals surface area contributed by atoms with E-state index in [-0.39, 0.29) is 17.9 Å². The van der Waals surface area contributed by atoms with Crippen LogP contribution >= 0.6 is 0 Å². The fourth-order valence-corrected chi connectivity index (χ4v) is 4.72. The van der Waals surface area contributed by atoms with Crippen LogP contribution in [0.5, 0.6) is 17.2 Å². The Morgan fingerprint density at radius 2 is 1.57 bits per heavy atom. The number of amides is 1. The number of Topliss-reactive ketones (excluding diaryl/α,β-unsaturated/α-hetero) is 1. The van der Waals surface area contributed by atoms with Crippen LogP contribution in [0.25, 0.3) is 5.76 Å². The Morgan fingerprint density at radius 1 is 0.865 bits per heavy atom. The monoisotopic (exact) mass is 501 g/mol. The normalized spacial score (nSPS) is 16.7. The molecule has 4 rings (SSSR count). The van der Waals surface area contributed by atoms with Gasteiger partial charge in [-0.2, -0.15) is 0 Å². The second kappa shape index (κ2) is 10.8. The molecule has 0 saturated carbocycles. The van der Waals surface area contributed by atoms with Crippen molar-refractivity contribution < 1.29 is 28.9 Å². The number of methoxy groups -OCH3 is 3. The number of ketones is 1. The van der Waals surface area contributed by atoms with Crippen molar-refractivity contribution in [1.82, 2.24) is 4.90 Å². The third-order valence-electron chi connectivity index (χ3n) is 6.75. The van der Waals surface area contributed by atoms with E-state index in [2.05, 4.69) is 0 Å². The van der Waals surface area contributed by atoms with Crippen LogP contribution < -0.4 is 14.2 Å². The zero-order valence-corrected chi connectivity index (χ0v) is 21.7. The van der Waals surface area contributed by atoms with E-state index >= 15 is 0 Å².